The molecule has 0 saturated heterocycles. The maximum Gasteiger partial charge on any atom is 0.389 e. The quantitative estimate of drug-likeness (QED) is 0.773. The molecule has 0 amide bonds. The molecule has 0 radical (unpaired) electrons. The molecule has 0 spiro atoms. The van der Waals surface area contributed by atoms with Crippen molar-refractivity contribution in [2.45, 2.75) is 25.4 Å². The predicted molar refractivity (Wildman–Crippen MR) is 50.4 cm³/mol. The van der Waals surface area contributed by atoms with Crippen molar-refractivity contribution in [3.8, 4) is 0 Å². The second kappa shape index (κ2) is 5.53. The zero-order valence-electron chi connectivity index (χ0n) is 8.09. The van der Waals surface area contributed by atoms with Gasteiger partial charge < -0.3 is 5.32 Å². The number of halogens is 3. The first-order chi connectivity index (χ1) is 7.08. The monoisotopic (exact) mass is 219 g/mol. The minimum atomic E-state index is -4.05. The van der Waals surface area contributed by atoms with E-state index in [9.17, 15) is 13.2 Å². The molecular weight excluding hydrogens is 207 g/mol. The highest BCUT2D eigenvalue weighted by atomic mass is 19.4. The lowest BCUT2D eigenvalue weighted by atomic mass is 10.2. The van der Waals surface area contributed by atoms with E-state index in [1.807, 2.05) is 0 Å². The van der Waals surface area contributed by atoms with Gasteiger partial charge in [-0.05, 0) is 18.9 Å². The normalized spacial score (nSPS) is 11.4. The van der Waals surface area contributed by atoms with Gasteiger partial charge in [-0.25, -0.2) is 9.97 Å². The largest absolute Gasteiger partial charge is 0.389 e. The van der Waals surface area contributed by atoms with Gasteiger partial charge in [0.25, 0.3) is 0 Å². The van der Waals surface area contributed by atoms with Crippen LogP contribution in [0.15, 0.2) is 18.6 Å². The summed E-state index contributed by atoms with van der Waals surface area (Å²) in [5.41, 5.74) is 0. The van der Waals surface area contributed by atoms with Gasteiger partial charge in [-0.2, -0.15) is 13.2 Å². The summed E-state index contributed by atoms with van der Waals surface area (Å²) in [4.78, 5) is 7.60. The zero-order chi connectivity index (χ0) is 11.1. The molecule has 0 unspecified atom stereocenters. The van der Waals surface area contributed by atoms with Crippen molar-refractivity contribution >= 4 is 5.82 Å². The third-order valence-corrected chi connectivity index (χ3v) is 1.78. The molecule has 1 aromatic heterocycles. The molecule has 1 aromatic rings. The van der Waals surface area contributed by atoms with Gasteiger partial charge in [0.15, 0.2) is 0 Å². The first-order valence-electron chi connectivity index (χ1n) is 4.64. The summed E-state index contributed by atoms with van der Waals surface area (Å²) in [7, 11) is 0. The highest BCUT2D eigenvalue weighted by Crippen LogP contribution is 2.21. The summed E-state index contributed by atoms with van der Waals surface area (Å²) in [6.07, 6.45) is -1.19. The Kier molecular flexibility index (Phi) is 4.33. The highest BCUT2D eigenvalue weighted by molar-refractivity contribution is 5.30. The van der Waals surface area contributed by atoms with Gasteiger partial charge in [0, 0.05) is 19.2 Å². The Balaban J connectivity index is 2.08. The second-order valence-corrected chi connectivity index (χ2v) is 3.09. The Labute approximate surface area is 85.7 Å². The molecular formula is C9H12F3N3. The Morgan fingerprint density at radius 3 is 2.67 bits per heavy atom. The van der Waals surface area contributed by atoms with Crippen molar-refractivity contribution in [2.75, 3.05) is 11.9 Å². The maximum atomic E-state index is 11.8. The molecule has 6 heteroatoms. The van der Waals surface area contributed by atoms with E-state index in [4.69, 9.17) is 0 Å². The van der Waals surface area contributed by atoms with Crippen LogP contribution in [-0.2, 0) is 0 Å². The molecule has 0 aliphatic heterocycles. The topological polar surface area (TPSA) is 37.8 Å². The second-order valence-electron chi connectivity index (χ2n) is 3.09. The van der Waals surface area contributed by atoms with E-state index in [0.717, 1.165) is 0 Å². The maximum absolute atomic E-state index is 11.8. The molecule has 0 bridgehead atoms. The summed E-state index contributed by atoms with van der Waals surface area (Å²) in [6.45, 7) is 0.493. The van der Waals surface area contributed by atoms with Gasteiger partial charge in [0.2, 0.25) is 0 Å². The minimum Gasteiger partial charge on any atom is -0.370 e. The molecule has 0 saturated carbocycles. The summed E-state index contributed by atoms with van der Waals surface area (Å²) in [6, 6.07) is 1.67. The number of unbranched alkanes of at least 4 members (excludes halogenated alkanes) is 1. The number of alkyl halides is 3. The van der Waals surface area contributed by atoms with Crippen LogP contribution in [0.2, 0.25) is 0 Å². The minimum absolute atomic E-state index is 0.140. The van der Waals surface area contributed by atoms with Crippen LogP contribution in [0.25, 0.3) is 0 Å². The lowest BCUT2D eigenvalue weighted by molar-refractivity contribution is -0.135. The van der Waals surface area contributed by atoms with Gasteiger partial charge in [-0.3, -0.25) is 0 Å². The fraction of sp³-hybridized carbons (Fsp3) is 0.556. The molecule has 0 aliphatic rings. The first kappa shape index (κ1) is 11.7. The van der Waals surface area contributed by atoms with E-state index in [2.05, 4.69) is 15.3 Å². The fourth-order valence-electron chi connectivity index (χ4n) is 1.06. The highest BCUT2D eigenvalue weighted by Gasteiger charge is 2.25. The molecule has 0 aliphatic carbocycles. The third-order valence-electron chi connectivity index (χ3n) is 1.78. The molecule has 1 rings (SSSR count). The van der Waals surface area contributed by atoms with Crippen LogP contribution in [0.1, 0.15) is 19.3 Å². The Bertz CT molecular complexity index is 274. The SMILES string of the molecule is FC(F)(F)CCCCNc1ccncn1. The van der Waals surface area contributed by atoms with E-state index in [0.29, 0.717) is 18.8 Å². The predicted octanol–water partition coefficient (Wildman–Crippen LogP) is 2.62. The molecule has 3 nitrogen and oxygen atoms in total. The van der Waals surface area contributed by atoms with Gasteiger partial charge in [0.1, 0.15) is 12.1 Å². The van der Waals surface area contributed by atoms with Crippen LogP contribution < -0.4 is 5.32 Å². The number of hydrogen-bond donors (Lipinski definition) is 1. The van der Waals surface area contributed by atoms with E-state index < -0.39 is 12.6 Å². The van der Waals surface area contributed by atoms with Crippen LogP contribution in [0.5, 0.6) is 0 Å². The van der Waals surface area contributed by atoms with Crippen LogP contribution >= 0.6 is 0 Å². The van der Waals surface area contributed by atoms with Crippen molar-refractivity contribution in [3.05, 3.63) is 18.6 Å². The molecule has 1 N–H and O–H groups in total. The van der Waals surface area contributed by atoms with Gasteiger partial charge >= 0.3 is 6.18 Å². The lowest BCUT2D eigenvalue weighted by Gasteiger charge is -2.06. The van der Waals surface area contributed by atoms with E-state index in [-0.39, 0.29) is 6.42 Å². The third kappa shape index (κ3) is 5.87. The fourth-order valence-corrected chi connectivity index (χ4v) is 1.06. The summed E-state index contributed by atoms with van der Waals surface area (Å²) < 4.78 is 35.3. The number of nitrogens with one attached hydrogen (secondary N) is 1. The van der Waals surface area contributed by atoms with Crippen molar-refractivity contribution in [3.63, 3.8) is 0 Å². The van der Waals surface area contributed by atoms with E-state index in [1.54, 1.807) is 12.3 Å². The lowest BCUT2D eigenvalue weighted by Crippen LogP contribution is -2.09. The smallest absolute Gasteiger partial charge is 0.370 e. The van der Waals surface area contributed by atoms with Crippen molar-refractivity contribution < 1.29 is 13.2 Å². The molecule has 0 atom stereocenters. The molecule has 84 valence electrons. The van der Waals surface area contributed by atoms with Gasteiger partial charge in [0.05, 0.1) is 0 Å². The summed E-state index contributed by atoms with van der Waals surface area (Å²) in [5, 5.41) is 2.91. The Morgan fingerprint density at radius 1 is 1.27 bits per heavy atom. The Morgan fingerprint density at radius 2 is 2.07 bits per heavy atom. The molecule has 1 heterocycles. The molecule has 0 fully saturated rings. The van der Waals surface area contributed by atoms with Crippen molar-refractivity contribution in [2.24, 2.45) is 0 Å². The average Bonchev–Trinajstić information content (AvgIpc) is 2.17. The standard InChI is InChI=1S/C9H12F3N3/c10-9(11,12)4-1-2-5-14-8-3-6-13-7-15-8/h3,6-7H,1-2,4-5H2,(H,13,14,15). The van der Waals surface area contributed by atoms with Crippen molar-refractivity contribution in [1.82, 2.24) is 9.97 Å². The number of anilines is 1. The molecule has 15 heavy (non-hydrogen) atoms. The van der Waals surface area contributed by atoms with Gasteiger partial charge in [-0.1, -0.05) is 0 Å². The summed E-state index contributed by atoms with van der Waals surface area (Å²) in [5.74, 6) is 0.636. The zero-order valence-corrected chi connectivity index (χ0v) is 8.09. The number of hydrogen-bond acceptors (Lipinski definition) is 3. The average molecular weight is 219 g/mol. The summed E-state index contributed by atoms with van der Waals surface area (Å²) >= 11 is 0. The van der Waals surface area contributed by atoms with Crippen LogP contribution in [0.4, 0.5) is 19.0 Å². The number of aromatic nitrogens is 2. The van der Waals surface area contributed by atoms with Gasteiger partial charge in [-0.15, -0.1) is 0 Å². The first-order valence-corrected chi connectivity index (χ1v) is 4.64. The van der Waals surface area contributed by atoms with Crippen LogP contribution in [0.3, 0.4) is 0 Å². The number of nitrogens with zero attached hydrogens (tertiary/aromatic N) is 2. The van der Waals surface area contributed by atoms with Crippen LogP contribution in [0, 0.1) is 0 Å². The van der Waals surface area contributed by atoms with E-state index >= 15 is 0 Å². The van der Waals surface area contributed by atoms with Crippen LogP contribution in [-0.4, -0.2) is 22.7 Å². The number of rotatable bonds is 5. The Hall–Kier alpha value is -1.33. The van der Waals surface area contributed by atoms with Crippen molar-refractivity contribution in [1.29, 1.82) is 0 Å². The van der Waals surface area contributed by atoms with E-state index in [1.165, 1.54) is 6.33 Å². The molecule has 0 aromatic carbocycles.